The highest BCUT2D eigenvalue weighted by Gasteiger charge is 2.25. The fourth-order valence-corrected chi connectivity index (χ4v) is 3.38. The Morgan fingerprint density at radius 1 is 0.792 bits per heavy atom. The van der Waals surface area contributed by atoms with Gasteiger partial charge in [-0.3, -0.25) is 0 Å². The minimum absolute atomic E-state index is 0.482. The van der Waals surface area contributed by atoms with Gasteiger partial charge in [-0.2, -0.15) is 4.57 Å². The van der Waals surface area contributed by atoms with E-state index in [2.05, 4.69) is 105 Å². The van der Waals surface area contributed by atoms with Crippen LogP contribution in [0.1, 0.15) is 50.7 Å². The second-order valence-electron chi connectivity index (χ2n) is 7.06. The molecule has 0 spiro atoms. The first-order valence-corrected chi connectivity index (χ1v) is 8.76. The number of imidazole rings is 1. The van der Waals surface area contributed by atoms with Gasteiger partial charge >= 0.3 is 0 Å². The zero-order valence-corrected chi connectivity index (χ0v) is 15.3. The summed E-state index contributed by atoms with van der Waals surface area (Å²) in [7, 11) is 2.12. The summed E-state index contributed by atoms with van der Waals surface area (Å²) >= 11 is 0. The maximum Gasteiger partial charge on any atom is 0.293 e. The lowest BCUT2D eigenvalue weighted by Crippen LogP contribution is -2.29. The molecule has 0 radical (unpaired) electrons. The molecule has 2 nitrogen and oxygen atoms in total. The molecule has 0 aliphatic rings. The van der Waals surface area contributed by atoms with E-state index in [9.17, 15) is 0 Å². The highest BCUT2D eigenvalue weighted by molar-refractivity contribution is 5.60. The van der Waals surface area contributed by atoms with Gasteiger partial charge in [0.25, 0.3) is 5.82 Å². The van der Waals surface area contributed by atoms with E-state index in [1.807, 2.05) is 0 Å². The van der Waals surface area contributed by atoms with Crippen LogP contribution in [0.4, 0.5) is 0 Å². The van der Waals surface area contributed by atoms with Crippen molar-refractivity contribution < 1.29 is 4.57 Å². The van der Waals surface area contributed by atoms with Gasteiger partial charge < -0.3 is 0 Å². The zero-order chi connectivity index (χ0) is 17.3. The van der Waals surface area contributed by atoms with Crippen molar-refractivity contribution in [1.82, 2.24) is 4.57 Å². The van der Waals surface area contributed by atoms with Gasteiger partial charge in [0, 0.05) is 11.1 Å². The van der Waals surface area contributed by atoms with Crippen LogP contribution in [0.2, 0.25) is 0 Å². The van der Waals surface area contributed by atoms with Crippen molar-refractivity contribution in [2.75, 3.05) is 0 Å². The van der Waals surface area contributed by atoms with Gasteiger partial charge in [-0.15, -0.1) is 0 Å². The van der Waals surface area contributed by atoms with E-state index in [0.717, 1.165) is 0 Å². The van der Waals surface area contributed by atoms with E-state index in [-0.39, 0.29) is 0 Å². The van der Waals surface area contributed by atoms with Crippen LogP contribution in [0.3, 0.4) is 0 Å². The molecule has 1 aromatic heterocycles. The molecule has 2 heteroatoms. The quantitative estimate of drug-likeness (QED) is 0.583. The van der Waals surface area contributed by atoms with Crippen molar-refractivity contribution in [1.29, 1.82) is 0 Å². The molecule has 0 aliphatic heterocycles. The minimum atomic E-state index is 0.482. The number of rotatable bonds is 4. The number of benzene rings is 2. The van der Waals surface area contributed by atoms with Crippen molar-refractivity contribution in [2.45, 2.75) is 39.5 Å². The summed E-state index contributed by atoms with van der Waals surface area (Å²) in [5.41, 5.74) is 5.37. The van der Waals surface area contributed by atoms with E-state index < -0.39 is 0 Å². The van der Waals surface area contributed by atoms with Gasteiger partial charge in [0.15, 0.2) is 0 Å². The van der Waals surface area contributed by atoms with Gasteiger partial charge in [0.2, 0.25) is 0 Å². The van der Waals surface area contributed by atoms with E-state index in [1.165, 1.54) is 28.2 Å². The molecule has 0 atom stereocenters. The fraction of sp³-hybridized carbons (Fsp3) is 0.318. The second-order valence-corrected chi connectivity index (χ2v) is 7.06. The summed E-state index contributed by atoms with van der Waals surface area (Å²) in [5, 5.41) is 0. The first-order valence-electron chi connectivity index (χ1n) is 8.76. The Morgan fingerprint density at radius 2 is 1.38 bits per heavy atom. The number of aryl methyl sites for hydroxylation is 1. The van der Waals surface area contributed by atoms with Crippen LogP contribution < -0.4 is 4.57 Å². The second kappa shape index (κ2) is 6.64. The maximum absolute atomic E-state index is 2.36. The van der Waals surface area contributed by atoms with E-state index in [4.69, 9.17) is 0 Å². The van der Waals surface area contributed by atoms with E-state index >= 15 is 0 Å². The van der Waals surface area contributed by atoms with Crippen molar-refractivity contribution >= 4 is 0 Å². The predicted octanol–water partition coefficient (Wildman–Crippen LogP) is 5.22. The zero-order valence-electron chi connectivity index (χ0n) is 15.3. The lowest BCUT2D eigenvalue weighted by atomic mass is 9.92. The van der Waals surface area contributed by atoms with Crippen LogP contribution in [0.5, 0.6) is 0 Å². The molecule has 0 unspecified atom stereocenters. The monoisotopic (exact) mass is 319 g/mol. The third-order valence-corrected chi connectivity index (χ3v) is 4.62. The molecule has 24 heavy (non-hydrogen) atoms. The van der Waals surface area contributed by atoms with E-state index in [0.29, 0.717) is 11.8 Å². The average molecular weight is 319 g/mol. The van der Waals surface area contributed by atoms with Gasteiger partial charge in [-0.25, -0.2) is 4.57 Å². The smallest absolute Gasteiger partial charge is 0.232 e. The Bertz CT molecular complexity index is 800. The first-order chi connectivity index (χ1) is 11.5. The number of hydrogen-bond donors (Lipinski definition) is 0. The van der Waals surface area contributed by atoms with Crippen molar-refractivity contribution in [2.24, 2.45) is 7.05 Å². The van der Waals surface area contributed by atoms with Crippen LogP contribution in [-0.4, -0.2) is 4.57 Å². The van der Waals surface area contributed by atoms with Crippen molar-refractivity contribution in [3.63, 3.8) is 0 Å². The summed E-state index contributed by atoms with van der Waals surface area (Å²) in [6, 6.07) is 17.4. The van der Waals surface area contributed by atoms with Gasteiger partial charge in [-0.1, -0.05) is 64.1 Å². The van der Waals surface area contributed by atoms with Crippen molar-refractivity contribution in [3.8, 4) is 17.1 Å². The molecule has 0 amide bonds. The molecule has 3 aromatic rings. The molecule has 0 fully saturated rings. The molecular formula is C22H27N2+. The van der Waals surface area contributed by atoms with Gasteiger partial charge in [0.05, 0.1) is 12.6 Å². The largest absolute Gasteiger partial charge is 0.293 e. The van der Waals surface area contributed by atoms with Crippen LogP contribution >= 0.6 is 0 Å². The Balaban J connectivity index is 2.32. The number of nitrogens with zero attached hydrogens (tertiary/aromatic N) is 2. The summed E-state index contributed by atoms with van der Waals surface area (Å²) in [6.45, 7) is 9.09. The number of para-hydroxylation sites is 1. The Morgan fingerprint density at radius 3 is 1.92 bits per heavy atom. The SMILES string of the molecule is CC(C)c1cccc(C(C)C)c1-n1cc[n+](C)c1-c1ccccc1. The molecule has 0 N–H and O–H groups in total. The lowest BCUT2D eigenvalue weighted by molar-refractivity contribution is -0.659. The molecule has 2 aromatic carbocycles. The van der Waals surface area contributed by atoms with Crippen LogP contribution in [0.25, 0.3) is 17.1 Å². The standard InChI is InChI=1S/C22H27N2/c1-16(2)19-12-9-13-20(17(3)4)21(19)24-15-14-23(5)22(24)18-10-7-6-8-11-18/h6-17H,1-5H3/q+1. The molecule has 0 saturated carbocycles. The summed E-state index contributed by atoms with van der Waals surface area (Å²) in [5.74, 6) is 2.18. The molecule has 0 saturated heterocycles. The third kappa shape index (κ3) is 2.89. The molecule has 1 heterocycles. The van der Waals surface area contributed by atoms with Crippen LogP contribution in [0.15, 0.2) is 60.9 Å². The fourth-order valence-electron chi connectivity index (χ4n) is 3.38. The Labute approximate surface area is 145 Å². The molecule has 0 aliphatic carbocycles. The normalized spacial score (nSPS) is 11.5. The molecule has 3 rings (SSSR count). The predicted molar refractivity (Wildman–Crippen MR) is 101 cm³/mol. The Kier molecular flexibility index (Phi) is 4.57. The first kappa shape index (κ1) is 16.5. The topological polar surface area (TPSA) is 8.81 Å². The molecular weight excluding hydrogens is 292 g/mol. The summed E-state index contributed by atoms with van der Waals surface area (Å²) in [4.78, 5) is 0. The highest BCUT2D eigenvalue weighted by atomic mass is 15.1. The highest BCUT2D eigenvalue weighted by Crippen LogP contribution is 2.33. The summed E-state index contributed by atoms with van der Waals surface area (Å²) in [6.07, 6.45) is 4.33. The van der Waals surface area contributed by atoms with Crippen LogP contribution in [-0.2, 0) is 7.05 Å². The molecule has 0 bridgehead atoms. The maximum atomic E-state index is 2.36. The summed E-state index contributed by atoms with van der Waals surface area (Å²) < 4.78 is 4.57. The van der Waals surface area contributed by atoms with Gasteiger partial charge in [-0.05, 0) is 24.0 Å². The van der Waals surface area contributed by atoms with Gasteiger partial charge in [0.1, 0.15) is 18.1 Å². The third-order valence-electron chi connectivity index (χ3n) is 4.62. The minimum Gasteiger partial charge on any atom is -0.232 e. The van der Waals surface area contributed by atoms with Crippen LogP contribution in [0, 0.1) is 0 Å². The number of aromatic nitrogens is 2. The Hall–Kier alpha value is -2.35. The van der Waals surface area contributed by atoms with Crippen molar-refractivity contribution in [3.05, 3.63) is 72.1 Å². The van der Waals surface area contributed by atoms with E-state index in [1.54, 1.807) is 0 Å². The molecule has 124 valence electrons. The lowest BCUT2D eigenvalue weighted by Gasteiger charge is -2.17. The average Bonchev–Trinajstić information content (AvgIpc) is 2.96. The number of hydrogen-bond acceptors (Lipinski definition) is 0.